The first kappa shape index (κ1) is 34.4. The van der Waals surface area contributed by atoms with Gasteiger partial charge in [-0.05, 0) is 91.6 Å². The summed E-state index contributed by atoms with van der Waals surface area (Å²) in [5.74, 6) is -0.786. The Labute approximate surface area is 298 Å². The van der Waals surface area contributed by atoms with Crippen LogP contribution < -0.4 is 15.5 Å². The number of carbonyl (C=O) groups is 3. The number of aromatic nitrogens is 1. The molecule has 7 rings (SSSR count). The molecule has 0 spiro atoms. The minimum atomic E-state index is -0.609. The molecule has 2 aliphatic heterocycles. The fraction of sp³-hybridized carbons (Fsp3) is 0.366. The van der Waals surface area contributed by atoms with E-state index in [0.29, 0.717) is 36.2 Å². The largest absolute Gasteiger partial charge is 0.369 e. The van der Waals surface area contributed by atoms with Crippen LogP contribution in [0.4, 0.5) is 10.1 Å². The van der Waals surface area contributed by atoms with E-state index in [1.807, 2.05) is 6.92 Å². The molecule has 3 aromatic carbocycles. The number of allylic oxidation sites excluding steroid dienone is 1. The summed E-state index contributed by atoms with van der Waals surface area (Å²) in [5, 5.41) is 6.42. The van der Waals surface area contributed by atoms with Gasteiger partial charge in [-0.25, -0.2) is 9.37 Å². The van der Waals surface area contributed by atoms with Gasteiger partial charge in [0.15, 0.2) is 0 Å². The Kier molecular flexibility index (Phi) is 10.4. The van der Waals surface area contributed by atoms with E-state index >= 15 is 0 Å². The fourth-order valence-corrected chi connectivity index (χ4v) is 7.13. The second-order valence-electron chi connectivity index (χ2n) is 14.0. The summed E-state index contributed by atoms with van der Waals surface area (Å²) < 4.78 is 13.5. The molecule has 3 aliphatic rings. The van der Waals surface area contributed by atoms with E-state index in [4.69, 9.17) is 0 Å². The van der Waals surface area contributed by atoms with Gasteiger partial charge in [0.1, 0.15) is 17.6 Å². The number of rotatable bonds is 11. The molecule has 1 saturated carbocycles. The Morgan fingerprint density at radius 1 is 0.922 bits per heavy atom. The number of anilines is 1. The average molecular weight is 689 g/mol. The summed E-state index contributed by atoms with van der Waals surface area (Å²) in [7, 11) is 0. The molecule has 1 aromatic heterocycles. The number of nitrogens with one attached hydrogen (secondary N) is 2. The third-order valence-electron chi connectivity index (χ3n) is 10.2. The molecule has 3 fully saturated rings. The van der Waals surface area contributed by atoms with Crippen LogP contribution in [0.25, 0.3) is 17.0 Å². The monoisotopic (exact) mass is 688 g/mol. The third-order valence-corrected chi connectivity index (χ3v) is 10.2. The Balaban J connectivity index is 0.963. The van der Waals surface area contributed by atoms with Crippen molar-refractivity contribution >= 4 is 40.4 Å². The number of carbonyl (C=O) groups excluding carboxylic acids is 3. The van der Waals surface area contributed by atoms with Crippen molar-refractivity contribution in [2.24, 2.45) is 5.92 Å². The van der Waals surface area contributed by atoms with Gasteiger partial charge in [-0.3, -0.25) is 19.3 Å². The maximum absolute atomic E-state index is 13.7. The van der Waals surface area contributed by atoms with Crippen LogP contribution in [0.5, 0.6) is 0 Å². The predicted octanol–water partition coefficient (Wildman–Crippen LogP) is 5.72. The Morgan fingerprint density at radius 2 is 1.73 bits per heavy atom. The second kappa shape index (κ2) is 15.4. The molecule has 2 saturated heterocycles. The van der Waals surface area contributed by atoms with Crippen molar-refractivity contribution in [3.05, 3.63) is 113 Å². The standard InChI is InChI=1S/C41H45FN6O3/c1-28(35-16-15-34(25-31(35)12-11-29-9-10-29)47-22-20-46(21-23-47)27-30-6-3-2-4-7-30)44-41(51)38-8-5-19-48(38)39(49)26-43-40(50)37-17-13-32-24-33(42)14-18-36(32)45-37/h2-4,6-7,11-18,24-25,28-29,38H,5,8-10,19-23,26-27H2,1H3,(H,43,50)(H,44,51)/b12-11+/t28-,38?/m0/s1. The van der Waals surface area contributed by atoms with Gasteiger partial charge < -0.3 is 20.4 Å². The van der Waals surface area contributed by atoms with Crippen LogP contribution in [0.3, 0.4) is 0 Å². The topological polar surface area (TPSA) is 97.9 Å². The lowest BCUT2D eigenvalue weighted by Crippen LogP contribution is -2.49. The zero-order chi connectivity index (χ0) is 35.3. The first-order chi connectivity index (χ1) is 24.8. The lowest BCUT2D eigenvalue weighted by molar-refractivity contribution is -0.137. The molecule has 3 amide bonds. The van der Waals surface area contributed by atoms with Gasteiger partial charge in [0.05, 0.1) is 18.1 Å². The summed E-state index contributed by atoms with van der Waals surface area (Å²) in [5.41, 5.74) is 5.29. The van der Waals surface area contributed by atoms with Gasteiger partial charge in [0, 0.05) is 50.3 Å². The average Bonchev–Trinajstić information content (AvgIpc) is 3.85. The number of piperazine rings is 1. The van der Waals surface area contributed by atoms with E-state index in [2.05, 4.69) is 86.1 Å². The minimum absolute atomic E-state index is 0.134. The highest BCUT2D eigenvalue weighted by molar-refractivity contribution is 5.97. The van der Waals surface area contributed by atoms with E-state index < -0.39 is 11.9 Å². The van der Waals surface area contributed by atoms with E-state index in [9.17, 15) is 18.8 Å². The number of fused-ring (bicyclic) bond motifs is 1. The van der Waals surface area contributed by atoms with Crippen molar-refractivity contribution < 1.29 is 18.8 Å². The Bertz CT molecular complexity index is 1920. The van der Waals surface area contributed by atoms with Gasteiger partial charge in [-0.2, -0.15) is 0 Å². The van der Waals surface area contributed by atoms with Crippen LogP contribution in [0.2, 0.25) is 0 Å². The highest BCUT2D eigenvalue weighted by atomic mass is 19.1. The first-order valence-corrected chi connectivity index (χ1v) is 18.1. The van der Waals surface area contributed by atoms with Gasteiger partial charge in [-0.1, -0.05) is 54.6 Å². The van der Waals surface area contributed by atoms with Gasteiger partial charge in [0.2, 0.25) is 11.8 Å². The highest BCUT2D eigenvalue weighted by Crippen LogP contribution is 2.33. The van der Waals surface area contributed by atoms with Crippen molar-refractivity contribution in [2.75, 3.05) is 44.2 Å². The van der Waals surface area contributed by atoms with Crippen molar-refractivity contribution in [3.63, 3.8) is 0 Å². The maximum atomic E-state index is 13.7. The molecule has 51 heavy (non-hydrogen) atoms. The number of likely N-dealkylation sites (tertiary alicyclic amines) is 1. The van der Waals surface area contributed by atoms with Crippen LogP contribution in [0.1, 0.15) is 65.8 Å². The maximum Gasteiger partial charge on any atom is 0.270 e. The summed E-state index contributed by atoms with van der Waals surface area (Å²) in [6.45, 7) is 7.07. The van der Waals surface area contributed by atoms with Crippen molar-refractivity contribution in [1.82, 2.24) is 25.4 Å². The molecular weight excluding hydrogens is 643 g/mol. The molecule has 2 N–H and O–H groups in total. The lowest BCUT2D eigenvalue weighted by atomic mass is 9.98. The number of hydrogen-bond acceptors (Lipinski definition) is 6. The molecule has 10 heteroatoms. The predicted molar refractivity (Wildman–Crippen MR) is 197 cm³/mol. The lowest BCUT2D eigenvalue weighted by Gasteiger charge is -2.36. The fourth-order valence-electron chi connectivity index (χ4n) is 7.13. The van der Waals surface area contributed by atoms with E-state index in [0.717, 1.165) is 43.9 Å². The first-order valence-electron chi connectivity index (χ1n) is 18.1. The molecule has 4 aromatic rings. The zero-order valence-electron chi connectivity index (χ0n) is 29.1. The SMILES string of the molecule is C[C@H](NC(=O)C1CCCN1C(=O)CNC(=O)c1ccc2cc(F)ccc2n1)c1ccc(N2CCN(Cc3ccccc3)CC2)cc1/C=C/C1CC1. The number of benzene rings is 3. The van der Waals surface area contributed by atoms with Gasteiger partial charge in [-0.15, -0.1) is 0 Å². The third kappa shape index (κ3) is 8.45. The summed E-state index contributed by atoms with van der Waals surface area (Å²) >= 11 is 0. The van der Waals surface area contributed by atoms with Crippen molar-refractivity contribution in [3.8, 4) is 0 Å². The molecule has 1 aliphatic carbocycles. The van der Waals surface area contributed by atoms with Crippen molar-refractivity contribution in [1.29, 1.82) is 0 Å². The molecular formula is C41H45FN6O3. The van der Waals surface area contributed by atoms with Gasteiger partial charge >= 0.3 is 0 Å². The highest BCUT2D eigenvalue weighted by Gasteiger charge is 2.35. The van der Waals surface area contributed by atoms with E-state index in [-0.39, 0.29) is 35.9 Å². The number of nitrogens with zero attached hydrogens (tertiary/aromatic N) is 4. The Morgan fingerprint density at radius 3 is 2.51 bits per heavy atom. The van der Waals surface area contributed by atoms with Crippen LogP contribution in [-0.2, 0) is 16.1 Å². The molecule has 0 bridgehead atoms. The zero-order valence-corrected chi connectivity index (χ0v) is 29.1. The molecule has 264 valence electrons. The molecule has 3 heterocycles. The summed E-state index contributed by atoms with van der Waals surface area (Å²) in [4.78, 5) is 50.6. The van der Waals surface area contributed by atoms with Crippen LogP contribution in [0, 0.1) is 11.7 Å². The normalized spacial score (nSPS) is 18.7. The smallest absolute Gasteiger partial charge is 0.270 e. The van der Waals surface area contributed by atoms with Crippen LogP contribution >= 0.6 is 0 Å². The number of halogens is 1. The summed E-state index contributed by atoms with van der Waals surface area (Å²) in [6, 6.07) is 23.6. The van der Waals surface area contributed by atoms with Crippen molar-refractivity contribution in [2.45, 2.75) is 51.2 Å². The van der Waals surface area contributed by atoms with Crippen LogP contribution in [-0.4, -0.2) is 77.8 Å². The minimum Gasteiger partial charge on any atom is -0.369 e. The van der Waals surface area contributed by atoms with Crippen LogP contribution in [0.15, 0.2) is 84.9 Å². The number of pyridine rings is 1. The molecule has 0 radical (unpaired) electrons. The summed E-state index contributed by atoms with van der Waals surface area (Å²) in [6.07, 6.45) is 8.19. The molecule has 2 atom stereocenters. The number of amides is 3. The molecule has 1 unspecified atom stereocenters. The quantitative estimate of drug-likeness (QED) is 0.209. The van der Waals surface area contributed by atoms with E-state index in [1.165, 1.54) is 48.4 Å². The van der Waals surface area contributed by atoms with E-state index in [1.54, 1.807) is 11.0 Å². The van der Waals surface area contributed by atoms with Gasteiger partial charge in [0.25, 0.3) is 5.91 Å². The second-order valence-corrected chi connectivity index (χ2v) is 14.0. The molecule has 9 nitrogen and oxygen atoms in total. The Hall–Kier alpha value is -5.09. The number of hydrogen-bond donors (Lipinski definition) is 2.